The molecule has 1 nitrogen and oxygen atoms in total. The number of hydrogen-bond acceptors (Lipinski definition) is 2. The van der Waals surface area contributed by atoms with E-state index in [9.17, 15) is 0 Å². The fourth-order valence-electron chi connectivity index (χ4n) is 1.93. The zero-order valence-electron chi connectivity index (χ0n) is 12.4. The van der Waals surface area contributed by atoms with Crippen LogP contribution >= 0.6 is 11.8 Å². The molecule has 0 saturated heterocycles. The number of benzene rings is 1. The summed E-state index contributed by atoms with van der Waals surface area (Å²) in [5, 5.41) is 4.22. The first-order valence-corrected chi connectivity index (χ1v) is 7.96. The van der Waals surface area contributed by atoms with E-state index in [-0.39, 0.29) is 0 Å². The lowest BCUT2D eigenvalue weighted by Gasteiger charge is -2.19. The van der Waals surface area contributed by atoms with Crippen molar-refractivity contribution < 1.29 is 0 Å². The van der Waals surface area contributed by atoms with E-state index in [1.54, 1.807) is 0 Å². The number of likely N-dealkylation sites (N-methyl/N-ethyl adjacent to an activating group) is 1. The number of aryl methyl sites for hydroxylation is 2. The van der Waals surface area contributed by atoms with E-state index in [1.165, 1.54) is 28.9 Å². The SMILES string of the molecule is CCC(C)SCC(Cc1cc(C)ccc1C)NC. The van der Waals surface area contributed by atoms with Crippen LogP contribution in [-0.2, 0) is 6.42 Å². The molecule has 2 atom stereocenters. The highest BCUT2D eigenvalue weighted by Gasteiger charge is 2.11. The van der Waals surface area contributed by atoms with Gasteiger partial charge in [-0.25, -0.2) is 0 Å². The van der Waals surface area contributed by atoms with E-state index >= 15 is 0 Å². The third kappa shape index (κ3) is 5.03. The van der Waals surface area contributed by atoms with Crippen molar-refractivity contribution in [1.29, 1.82) is 0 Å². The Labute approximate surface area is 117 Å². The van der Waals surface area contributed by atoms with Crippen LogP contribution in [0.1, 0.15) is 37.0 Å². The second-order valence-corrected chi connectivity index (χ2v) is 6.64. The quantitative estimate of drug-likeness (QED) is 0.800. The fourth-order valence-corrected chi connectivity index (χ4v) is 3.01. The zero-order valence-corrected chi connectivity index (χ0v) is 13.2. The first-order chi connectivity index (χ1) is 8.56. The summed E-state index contributed by atoms with van der Waals surface area (Å²) in [6, 6.07) is 7.33. The van der Waals surface area contributed by atoms with Gasteiger partial charge >= 0.3 is 0 Å². The standard InChI is InChI=1S/C16H27NS/c1-6-14(4)18-11-16(17-5)10-15-9-12(2)7-8-13(15)3/h7-9,14,16-17H,6,10-11H2,1-5H3. The van der Waals surface area contributed by atoms with Crippen LogP contribution < -0.4 is 5.32 Å². The van der Waals surface area contributed by atoms with Gasteiger partial charge in [-0.1, -0.05) is 37.6 Å². The smallest absolute Gasteiger partial charge is 0.0195 e. The molecule has 0 bridgehead atoms. The minimum absolute atomic E-state index is 0.574. The summed E-state index contributed by atoms with van der Waals surface area (Å²) < 4.78 is 0. The molecule has 0 aromatic heterocycles. The predicted octanol–water partition coefficient (Wildman–Crippen LogP) is 3.97. The Morgan fingerprint density at radius 1 is 1.28 bits per heavy atom. The number of hydrogen-bond donors (Lipinski definition) is 1. The van der Waals surface area contributed by atoms with Gasteiger partial charge in [-0.2, -0.15) is 11.8 Å². The molecule has 2 unspecified atom stereocenters. The third-order valence-electron chi connectivity index (χ3n) is 3.54. The molecular formula is C16H27NS. The Kier molecular flexibility index (Phi) is 6.80. The van der Waals surface area contributed by atoms with Crippen molar-refractivity contribution >= 4 is 11.8 Å². The molecule has 1 N–H and O–H groups in total. The number of rotatable bonds is 7. The molecule has 0 aliphatic carbocycles. The first kappa shape index (κ1) is 15.6. The van der Waals surface area contributed by atoms with Crippen LogP contribution in [-0.4, -0.2) is 24.1 Å². The van der Waals surface area contributed by atoms with E-state index in [2.05, 4.69) is 70.0 Å². The maximum Gasteiger partial charge on any atom is 0.0195 e. The van der Waals surface area contributed by atoms with Crippen LogP contribution in [0.15, 0.2) is 18.2 Å². The maximum absolute atomic E-state index is 3.46. The van der Waals surface area contributed by atoms with Crippen LogP contribution in [0.3, 0.4) is 0 Å². The summed E-state index contributed by atoms with van der Waals surface area (Å²) in [6.07, 6.45) is 2.39. The maximum atomic E-state index is 3.46. The lowest BCUT2D eigenvalue weighted by molar-refractivity contribution is 0.614. The van der Waals surface area contributed by atoms with Crippen LogP contribution in [0.4, 0.5) is 0 Å². The first-order valence-electron chi connectivity index (χ1n) is 6.91. The predicted molar refractivity (Wildman–Crippen MR) is 84.7 cm³/mol. The molecule has 0 radical (unpaired) electrons. The lowest BCUT2D eigenvalue weighted by Crippen LogP contribution is -2.31. The average molecular weight is 265 g/mol. The van der Waals surface area contributed by atoms with Crippen LogP contribution in [0, 0.1) is 13.8 Å². The highest BCUT2D eigenvalue weighted by molar-refractivity contribution is 7.99. The minimum atomic E-state index is 0.574. The van der Waals surface area contributed by atoms with Crippen LogP contribution in [0.25, 0.3) is 0 Å². The molecule has 1 aromatic carbocycles. The molecule has 102 valence electrons. The van der Waals surface area contributed by atoms with E-state index in [0.717, 1.165) is 11.7 Å². The molecular weight excluding hydrogens is 238 g/mol. The Balaban J connectivity index is 2.59. The fraction of sp³-hybridized carbons (Fsp3) is 0.625. The van der Waals surface area contributed by atoms with Crippen LogP contribution in [0.5, 0.6) is 0 Å². The van der Waals surface area contributed by atoms with Crippen molar-refractivity contribution in [2.75, 3.05) is 12.8 Å². The summed E-state index contributed by atoms with van der Waals surface area (Å²) in [5.41, 5.74) is 4.26. The van der Waals surface area contributed by atoms with E-state index < -0.39 is 0 Å². The second-order valence-electron chi connectivity index (χ2n) is 5.17. The summed E-state index contributed by atoms with van der Waals surface area (Å²) in [6.45, 7) is 8.96. The van der Waals surface area contributed by atoms with Crippen LogP contribution in [0.2, 0.25) is 0 Å². The zero-order chi connectivity index (χ0) is 13.5. The van der Waals surface area contributed by atoms with Gasteiger partial charge in [0.05, 0.1) is 0 Å². The van der Waals surface area contributed by atoms with Crippen molar-refractivity contribution in [2.45, 2.75) is 51.8 Å². The van der Waals surface area contributed by atoms with E-state index in [4.69, 9.17) is 0 Å². The molecule has 0 fully saturated rings. The Bertz CT molecular complexity index is 362. The average Bonchev–Trinajstić information content (AvgIpc) is 2.37. The van der Waals surface area contributed by atoms with Gasteiger partial charge in [0.25, 0.3) is 0 Å². The van der Waals surface area contributed by atoms with Crippen molar-refractivity contribution in [3.05, 3.63) is 34.9 Å². The van der Waals surface area contributed by atoms with Gasteiger partial charge in [-0.3, -0.25) is 0 Å². The van der Waals surface area contributed by atoms with Crippen molar-refractivity contribution in [2.24, 2.45) is 0 Å². The molecule has 1 aromatic rings. The molecule has 18 heavy (non-hydrogen) atoms. The Hall–Kier alpha value is -0.470. The lowest BCUT2D eigenvalue weighted by atomic mass is 10.00. The Morgan fingerprint density at radius 2 is 2.00 bits per heavy atom. The third-order valence-corrected chi connectivity index (χ3v) is 5.03. The molecule has 0 aliphatic heterocycles. The highest BCUT2D eigenvalue weighted by Crippen LogP contribution is 2.18. The van der Waals surface area contributed by atoms with Gasteiger partial charge in [0.2, 0.25) is 0 Å². The van der Waals surface area contributed by atoms with Gasteiger partial charge < -0.3 is 5.32 Å². The van der Waals surface area contributed by atoms with Gasteiger partial charge in [0.15, 0.2) is 0 Å². The largest absolute Gasteiger partial charge is 0.316 e. The topological polar surface area (TPSA) is 12.0 Å². The normalized spacial score (nSPS) is 14.5. The minimum Gasteiger partial charge on any atom is -0.316 e. The summed E-state index contributed by atoms with van der Waals surface area (Å²) in [7, 11) is 2.08. The molecule has 0 amide bonds. The summed E-state index contributed by atoms with van der Waals surface area (Å²) in [5.74, 6) is 1.19. The van der Waals surface area contributed by atoms with Gasteiger partial charge in [-0.15, -0.1) is 0 Å². The summed E-state index contributed by atoms with van der Waals surface area (Å²) in [4.78, 5) is 0. The molecule has 0 aliphatic rings. The van der Waals surface area contributed by atoms with E-state index in [1.807, 2.05) is 0 Å². The highest BCUT2D eigenvalue weighted by atomic mass is 32.2. The second kappa shape index (κ2) is 7.85. The Morgan fingerprint density at radius 3 is 2.61 bits per heavy atom. The molecule has 1 rings (SSSR count). The summed E-state index contributed by atoms with van der Waals surface area (Å²) >= 11 is 2.08. The number of nitrogens with one attached hydrogen (secondary N) is 1. The van der Waals surface area contributed by atoms with E-state index in [0.29, 0.717) is 6.04 Å². The van der Waals surface area contributed by atoms with Gasteiger partial charge in [0.1, 0.15) is 0 Å². The monoisotopic (exact) mass is 265 g/mol. The molecule has 0 spiro atoms. The van der Waals surface area contributed by atoms with Gasteiger partial charge in [0, 0.05) is 17.0 Å². The molecule has 0 heterocycles. The molecule has 0 saturated carbocycles. The van der Waals surface area contributed by atoms with Crippen molar-refractivity contribution in [3.63, 3.8) is 0 Å². The van der Waals surface area contributed by atoms with Crippen molar-refractivity contribution in [1.82, 2.24) is 5.32 Å². The van der Waals surface area contributed by atoms with Gasteiger partial charge in [-0.05, 0) is 44.9 Å². The molecule has 2 heteroatoms. The number of thioether (sulfide) groups is 1. The van der Waals surface area contributed by atoms with Crippen molar-refractivity contribution in [3.8, 4) is 0 Å².